The molecule has 0 aromatic heterocycles. The minimum atomic E-state index is -4.13. The molecule has 0 saturated carbocycles. The van der Waals surface area contributed by atoms with Crippen molar-refractivity contribution in [3.63, 3.8) is 0 Å². The largest absolute Gasteiger partial charge is 0.355 e. The van der Waals surface area contributed by atoms with Crippen LogP contribution in [0.5, 0.6) is 0 Å². The number of amides is 1. The van der Waals surface area contributed by atoms with Crippen LogP contribution >= 0.6 is 0 Å². The summed E-state index contributed by atoms with van der Waals surface area (Å²) in [5.41, 5.74) is 0. The molecule has 0 aliphatic carbocycles. The molecule has 2 N–H and O–H groups in total. The standard InChI is InChI=1S/C20H33FN4O3S/c1-4-24-12-14-25(15-13-24)11-7-10-22-20(26)19(16(2)3)23-29(27,28)18-9-6-5-8-17(18)21/h5-6,8-9,16,19,23H,4,7,10-15H2,1-3H3,(H,22,26)/t19-/m0/s1. The highest BCUT2D eigenvalue weighted by Crippen LogP contribution is 2.15. The smallest absolute Gasteiger partial charge is 0.244 e. The molecule has 1 atom stereocenters. The van der Waals surface area contributed by atoms with Gasteiger partial charge in [-0.05, 0) is 37.6 Å². The van der Waals surface area contributed by atoms with Crippen LogP contribution < -0.4 is 10.0 Å². The molecule has 0 spiro atoms. The van der Waals surface area contributed by atoms with Gasteiger partial charge >= 0.3 is 0 Å². The van der Waals surface area contributed by atoms with E-state index in [1.807, 2.05) is 0 Å². The molecule has 1 aromatic carbocycles. The third kappa shape index (κ3) is 7.02. The van der Waals surface area contributed by atoms with E-state index in [0.717, 1.165) is 51.8 Å². The lowest BCUT2D eigenvalue weighted by Gasteiger charge is -2.34. The topological polar surface area (TPSA) is 81.8 Å². The number of piperazine rings is 1. The molecule has 1 aromatic rings. The molecule has 1 aliphatic heterocycles. The van der Waals surface area contributed by atoms with Gasteiger partial charge in [0.25, 0.3) is 0 Å². The Balaban J connectivity index is 1.84. The maximum Gasteiger partial charge on any atom is 0.244 e. The van der Waals surface area contributed by atoms with Crippen molar-refractivity contribution in [3.8, 4) is 0 Å². The molecular weight excluding hydrogens is 395 g/mol. The van der Waals surface area contributed by atoms with Crippen molar-refractivity contribution < 1.29 is 17.6 Å². The Morgan fingerprint density at radius 2 is 1.76 bits per heavy atom. The molecule has 9 heteroatoms. The highest BCUT2D eigenvalue weighted by molar-refractivity contribution is 7.89. The van der Waals surface area contributed by atoms with Crippen molar-refractivity contribution in [3.05, 3.63) is 30.1 Å². The lowest BCUT2D eigenvalue weighted by molar-refractivity contribution is -0.123. The van der Waals surface area contributed by atoms with Gasteiger partial charge in [-0.1, -0.05) is 32.9 Å². The molecule has 1 aliphatic rings. The Bertz CT molecular complexity index is 765. The van der Waals surface area contributed by atoms with Crippen LogP contribution in [0.15, 0.2) is 29.2 Å². The number of sulfonamides is 1. The fourth-order valence-electron chi connectivity index (χ4n) is 3.34. The maximum atomic E-state index is 13.9. The van der Waals surface area contributed by atoms with Gasteiger partial charge in [0.15, 0.2) is 0 Å². The number of halogens is 1. The molecule has 1 amide bonds. The first-order valence-corrected chi connectivity index (χ1v) is 11.7. The second-order valence-corrected chi connectivity index (χ2v) is 9.38. The Labute approximate surface area is 173 Å². The van der Waals surface area contributed by atoms with Crippen molar-refractivity contribution in [1.82, 2.24) is 19.8 Å². The van der Waals surface area contributed by atoms with E-state index in [0.29, 0.717) is 6.54 Å². The van der Waals surface area contributed by atoms with Gasteiger partial charge in [-0.2, -0.15) is 4.72 Å². The van der Waals surface area contributed by atoms with E-state index in [9.17, 15) is 17.6 Å². The van der Waals surface area contributed by atoms with E-state index in [-0.39, 0.29) is 5.92 Å². The molecule has 1 saturated heterocycles. The van der Waals surface area contributed by atoms with Gasteiger partial charge in [-0.3, -0.25) is 4.79 Å². The van der Waals surface area contributed by atoms with E-state index in [2.05, 4.69) is 26.8 Å². The average molecular weight is 429 g/mol. The molecule has 1 heterocycles. The fraction of sp³-hybridized carbons (Fsp3) is 0.650. The predicted octanol–water partition coefficient (Wildman–Crippen LogP) is 1.27. The Morgan fingerprint density at radius 3 is 2.34 bits per heavy atom. The zero-order chi connectivity index (χ0) is 21.4. The van der Waals surface area contributed by atoms with Gasteiger partial charge in [-0.25, -0.2) is 12.8 Å². The number of likely N-dealkylation sites (N-methyl/N-ethyl adjacent to an activating group) is 1. The van der Waals surface area contributed by atoms with E-state index in [1.54, 1.807) is 13.8 Å². The summed E-state index contributed by atoms with van der Waals surface area (Å²) in [6.07, 6.45) is 0.794. The number of rotatable bonds is 10. The minimum Gasteiger partial charge on any atom is -0.355 e. The van der Waals surface area contributed by atoms with Gasteiger partial charge in [0.1, 0.15) is 16.8 Å². The molecule has 2 rings (SSSR count). The van der Waals surface area contributed by atoms with Crippen LogP contribution in [0.1, 0.15) is 27.2 Å². The van der Waals surface area contributed by atoms with Crippen LogP contribution in [-0.4, -0.2) is 76.0 Å². The first kappa shape index (κ1) is 23.7. The summed E-state index contributed by atoms with van der Waals surface area (Å²) in [6.45, 7) is 12.3. The van der Waals surface area contributed by atoms with Gasteiger partial charge in [0, 0.05) is 32.7 Å². The third-order valence-electron chi connectivity index (χ3n) is 5.22. The lowest BCUT2D eigenvalue weighted by atomic mass is 10.1. The molecule has 0 unspecified atom stereocenters. The number of carbonyl (C=O) groups is 1. The molecule has 7 nitrogen and oxygen atoms in total. The Morgan fingerprint density at radius 1 is 1.14 bits per heavy atom. The van der Waals surface area contributed by atoms with Crippen molar-refractivity contribution in [2.24, 2.45) is 5.92 Å². The summed E-state index contributed by atoms with van der Waals surface area (Å²) in [4.78, 5) is 16.9. The summed E-state index contributed by atoms with van der Waals surface area (Å²) >= 11 is 0. The quantitative estimate of drug-likeness (QED) is 0.549. The van der Waals surface area contributed by atoms with Crippen LogP contribution in [0.2, 0.25) is 0 Å². The van der Waals surface area contributed by atoms with Gasteiger partial charge in [-0.15, -0.1) is 0 Å². The monoisotopic (exact) mass is 428 g/mol. The number of benzene rings is 1. The molecule has 0 radical (unpaired) electrons. The van der Waals surface area contributed by atoms with Crippen molar-refractivity contribution >= 4 is 15.9 Å². The molecule has 0 bridgehead atoms. The molecule has 164 valence electrons. The van der Waals surface area contributed by atoms with E-state index in [4.69, 9.17) is 0 Å². The SMILES string of the molecule is CCN1CCN(CCCNC(=O)[C@@H](NS(=O)(=O)c2ccccc2F)C(C)C)CC1. The summed E-state index contributed by atoms with van der Waals surface area (Å²) < 4.78 is 41.3. The number of hydrogen-bond donors (Lipinski definition) is 2. The first-order chi connectivity index (χ1) is 13.7. The van der Waals surface area contributed by atoms with Gasteiger partial charge in [0.05, 0.1) is 0 Å². The van der Waals surface area contributed by atoms with Crippen LogP contribution in [0.4, 0.5) is 4.39 Å². The first-order valence-electron chi connectivity index (χ1n) is 10.2. The summed E-state index contributed by atoms with van der Waals surface area (Å²) in [7, 11) is -4.13. The zero-order valence-electron chi connectivity index (χ0n) is 17.5. The average Bonchev–Trinajstić information content (AvgIpc) is 2.69. The lowest BCUT2D eigenvalue weighted by Crippen LogP contribution is -2.50. The highest BCUT2D eigenvalue weighted by atomic mass is 32.2. The van der Waals surface area contributed by atoms with E-state index in [1.165, 1.54) is 18.2 Å². The molecule has 29 heavy (non-hydrogen) atoms. The van der Waals surface area contributed by atoms with Crippen LogP contribution in [-0.2, 0) is 14.8 Å². The van der Waals surface area contributed by atoms with Crippen molar-refractivity contribution in [2.75, 3.05) is 45.8 Å². The zero-order valence-corrected chi connectivity index (χ0v) is 18.3. The summed E-state index contributed by atoms with van der Waals surface area (Å²) in [5, 5.41) is 2.82. The number of carbonyl (C=O) groups excluding carboxylic acids is 1. The van der Waals surface area contributed by atoms with E-state index < -0.39 is 32.7 Å². The van der Waals surface area contributed by atoms with Gasteiger partial charge < -0.3 is 15.1 Å². The summed E-state index contributed by atoms with van der Waals surface area (Å²) in [6, 6.07) is 4.17. The van der Waals surface area contributed by atoms with Crippen LogP contribution in [0.3, 0.4) is 0 Å². The summed E-state index contributed by atoms with van der Waals surface area (Å²) in [5.74, 6) is -1.51. The second-order valence-electron chi connectivity index (χ2n) is 7.69. The van der Waals surface area contributed by atoms with E-state index >= 15 is 0 Å². The number of nitrogens with one attached hydrogen (secondary N) is 2. The molecular formula is C20H33FN4O3S. The fourth-order valence-corrected chi connectivity index (χ4v) is 4.76. The van der Waals surface area contributed by atoms with Crippen LogP contribution in [0, 0.1) is 11.7 Å². The highest BCUT2D eigenvalue weighted by Gasteiger charge is 2.29. The van der Waals surface area contributed by atoms with Crippen molar-refractivity contribution in [1.29, 1.82) is 0 Å². The second kappa shape index (κ2) is 11.0. The molecule has 1 fully saturated rings. The van der Waals surface area contributed by atoms with Crippen molar-refractivity contribution in [2.45, 2.75) is 38.1 Å². The van der Waals surface area contributed by atoms with Gasteiger partial charge in [0.2, 0.25) is 15.9 Å². The van der Waals surface area contributed by atoms with Crippen LogP contribution in [0.25, 0.3) is 0 Å². The third-order valence-corrected chi connectivity index (χ3v) is 6.69. The normalized spacial score (nSPS) is 17.4. The minimum absolute atomic E-state index is 0.279. The number of hydrogen-bond acceptors (Lipinski definition) is 5. The Kier molecular flexibility index (Phi) is 9.01. The Hall–Kier alpha value is -1.55. The number of nitrogens with zero attached hydrogens (tertiary/aromatic N) is 2. The maximum absolute atomic E-state index is 13.9. The predicted molar refractivity (Wildman–Crippen MR) is 112 cm³/mol.